The Morgan fingerprint density at radius 2 is 2.33 bits per heavy atom. The van der Waals surface area contributed by atoms with Crippen molar-refractivity contribution in [1.29, 1.82) is 0 Å². The fourth-order valence-electron chi connectivity index (χ4n) is 1.27. The van der Waals surface area contributed by atoms with Crippen LogP contribution >= 0.6 is 11.3 Å². The largest absolute Gasteiger partial charge is 0.271 e. The summed E-state index contributed by atoms with van der Waals surface area (Å²) in [6.07, 6.45) is 2.81. The Morgan fingerprint density at radius 1 is 1.33 bits per heavy atom. The summed E-state index contributed by atoms with van der Waals surface area (Å²) in [5, 5.41) is 9.69. The summed E-state index contributed by atoms with van der Waals surface area (Å²) >= 11 is 1.71. The minimum absolute atomic E-state index is 0.848. The van der Waals surface area contributed by atoms with Crippen LogP contribution in [0.1, 0.15) is 0 Å². The predicted octanol–water partition coefficient (Wildman–Crippen LogP) is 1.74. The molecular formula is C8H4N3S. The number of hydrogen-bond donors (Lipinski definition) is 0. The Labute approximate surface area is 72.3 Å². The van der Waals surface area contributed by atoms with Gasteiger partial charge in [0.15, 0.2) is 5.65 Å². The van der Waals surface area contributed by atoms with E-state index >= 15 is 0 Å². The van der Waals surface area contributed by atoms with Crippen molar-refractivity contribution < 1.29 is 0 Å². The molecule has 0 fully saturated rings. The Kier molecular flexibility index (Phi) is 1.04. The van der Waals surface area contributed by atoms with E-state index in [1.54, 1.807) is 11.3 Å². The van der Waals surface area contributed by atoms with E-state index in [-0.39, 0.29) is 0 Å². The zero-order chi connectivity index (χ0) is 7.97. The van der Waals surface area contributed by atoms with Gasteiger partial charge in [-0.25, -0.2) is 0 Å². The third-order valence-corrected chi connectivity index (χ3v) is 2.70. The second-order valence-electron chi connectivity index (χ2n) is 2.50. The van der Waals surface area contributed by atoms with Crippen molar-refractivity contribution in [3.8, 4) is 0 Å². The van der Waals surface area contributed by atoms with Gasteiger partial charge >= 0.3 is 0 Å². The van der Waals surface area contributed by atoms with Gasteiger partial charge in [0.25, 0.3) is 0 Å². The summed E-state index contributed by atoms with van der Waals surface area (Å²) in [7, 11) is 0. The summed E-state index contributed by atoms with van der Waals surface area (Å²) in [6.45, 7) is 0. The van der Waals surface area contributed by atoms with Gasteiger partial charge < -0.3 is 0 Å². The molecule has 0 N–H and O–H groups in total. The van der Waals surface area contributed by atoms with Crippen LogP contribution in [-0.2, 0) is 0 Å². The van der Waals surface area contributed by atoms with Crippen molar-refractivity contribution in [1.82, 2.24) is 14.6 Å². The Hall–Kier alpha value is -1.42. The fraction of sp³-hybridized carbons (Fsp3) is 0. The summed E-state index contributed by atoms with van der Waals surface area (Å²) in [5.41, 5.74) is 1.98. The number of fused-ring (bicyclic) bond motifs is 3. The van der Waals surface area contributed by atoms with E-state index in [1.165, 1.54) is 4.70 Å². The molecular weight excluding hydrogens is 170 g/mol. The molecule has 4 heteroatoms. The van der Waals surface area contributed by atoms with Crippen LogP contribution in [0.5, 0.6) is 0 Å². The number of pyridine rings is 1. The van der Waals surface area contributed by atoms with Crippen LogP contribution in [0.4, 0.5) is 0 Å². The first-order chi connectivity index (χ1) is 5.95. The van der Waals surface area contributed by atoms with E-state index in [9.17, 15) is 0 Å². The van der Waals surface area contributed by atoms with E-state index in [1.807, 2.05) is 16.5 Å². The van der Waals surface area contributed by atoms with Crippen LogP contribution in [0, 0.1) is 6.33 Å². The highest BCUT2D eigenvalue weighted by Gasteiger charge is 2.01. The van der Waals surface area contributed by atoms with Gasteiger partial charge in [-0.05, 0) is 23.6 Å². The van der Waals surface area contributed by atoms with Gasteiger partial charge in [-0.1, -0.05) is 0 Å². The average molecular weight is 174 g/mol. The van der Waals surface area contributed by atoms with Gasteiger partial charge in [0.1, 0.15) is 0 Å². The quantitative estimate of drug-likeness (QED) is 0.519. The van der Waals surface area contributed by atoms with E-state index in [0.717, 1.165) is 11.2 Å². The third kappa shape index (κ3) is 0.648. The molecule has 0 atom stereocenters. The van der Waals surface area contributed by atoms with Crippen molar-refractivity contribution in [3.05, 3.63) is 29.9 Å². The van der Waals surface area contributed by atoms with Gasteiger partial charge in [-0.15, -0.1) is 21.5 Å². The molecule has 3 rings (SSSR count). The Bertz CT molecular complexity index is 487. The monoisotopic (exact) mass is 174 g/mol. The van der Waals surface area contributed by atoms with Crippen LogP contribution in [-0.4, -0.2) is 14.6 Å². The lowest BCUT2D eigenvalue weighted by Crippen LogP contribution is -1.82. The fourth-order valence-corrected chi connectivity index (χ4v) is 2.04. The van der Waals surface area contributed by atoms with Crippen molar-refractivity contribution in [2.24, 2.45) is 0 Å². The standard InChI is InChI=1S/C8H4N3S/c1-2-8-10-9-5-11(8)6-3-4-12-7(1)6/h1-4H. The van der Waals surface area contributed by atoms with Crippen molar-refractivity contribution in [3.63, 3.8) is 0 Å². The van der Waals surface area contributed by atoms with Crippen LogP contribution in [0.2, 0.25) is 0 Å². The van der Waals surface area contributed by atoms with Crippen LogP contribution < -0.4 is 0 Å². The van der Waals surface area contributed by atoms with E-state index in [0.29, 0.717) is 0 Å². The lowest BCUT2D eigenvalue weighted by molar-refractivity contribution is 1.10. The first kappa shape index (κ1) is 6.14. The first-order valence-electron chi connectivity index (χ1n) is 3.54. The summed E-state index contributed by atoms with van der Waals surface area (Å²) in [5.74, 6) is 0. The third-order valence-electron chi connectivity index (χ3n) is 1.82. The zero-order valence-electron chi connectivity index (χ0n) is 6.06. The minimum Gasteiger partial charge on any atom is -0.271 e. The lowest BCUT2D eigenvalue weighted by Gasteiger charge is -1.91. The molecule has 0 aliphatic heterocycles. The molecule has 0 amide bonds. The molecule has 0 bridgehead atoms. The highest BCUT2D eigenvalue weighted by molar-refractivity contribution is 7.17. The molecule has 12 heavy (non-hydrogen) atoms. The molecule has 3 aromatic heterocycles. The second-order valence-corrected chi connectivity index (χ2v) is 3.44. The van der Waals surface area contributed by atoms with E-state index in [2.05, 4.69) is 28.0 Å². The highest BCUT2D eigenvalue weighted by atomic mass is 32.1. The summed E-state index contributed by atoms with van der Waals surface area (Å²) < 4.78 is 3.10. The molecule has 57 valence electrons. The maximum atomic E-state index is 3.91. The normalized spacial score (nSPS) is 11.3. The first-order valence-corrected chi connectivity index (χ1v) is 4.42. The Morgan fingerprint density at radius 3 is 3.33 bits per heavy atom. The van der Waals surface area contributed by atoms with Crippen molar-refractivity contribution in [2.45, 2.75) is 0 Å². The lowest BCUT2D eigenvalue weighted by atomic mass is 10.4. The van der Waals surface area contributed by atoms with Gasteiger partial charge in [-0.2, -0.15) is 0 Å². The number of rotatable bonds is 0. The van der Waals surface area contributed by atoms with Gasteiger partial charge in [0, 0.05) is 0 Å². The molecule has 1 radical (unpaired) electrons. The topological polar surface area (TPSA) is 30.2 Å². The van der Waals surface area contributed by atoms with Gasteiger partial charge in [0.2, 0.25) is 6.33 Å². The zero-order valence-corrected chi connectivity index (χ0v) is 6.88. The smallest absolute Gasteiger partial charge is 0.207 e. The molecule has 0 aromatic carbocycles. The molecule has 0 saturated carbocycles. The maximum absolute atomic E-state index is 3.91. The van der Waals surface area contributed by atoms with E-state index in [4.69, 9.17) is 0 Å². The number of aromatic nitrogens is 3. The minimum atomic E-state index is 0.848. The molecule has 3 aromatic rings. The van der Waals surface area contributed by atoms with Crippen LogP contribution in [0.25, 0.3) is 15.9 Å². The number of nitrogens with zero attached hydrogens (tertiary/aromatic N) is 3. The summed E-state index contributed by atoms with van der Waals surface area (Å²) in [4.78, 5) is 0. The summed E-state index contributed by atoms with van der Waals surface area (Å²) in [6, 6.07) is 6.05. The average Bonchev–Trinajstić information content (AvgIpc) is 2.71. The highest BCUT2D eigenvalue weighted by Crippen LogP contribution is 2.20. The van der Waals surface area contributed by atoms with Crippen LogP contribution in [0.3, 0.4) is 0 Å². The molecule has 3 nitrogen and oxygen atoms in total. The molecule has 3 heterocycles. The number of hydrogen-bond acceptors (Lipinski definition) is 3. The van der Waals surface area contributed by atoms with E-state index < -0.39 is 0 Å². The number of thiophene rings is 1. The van der Waals surface area contributed by atoms with Crippen molar-refractivity contribution >= 4 is 27.2 Å². The molecule has 0 aliphatic carbocycles. The molecule has 0 aliphatic rings. The van der Waals surface area contributed by atoms with Gasteiger partial charge in [-0.3, -0.25) is 4.40 Å². The van der Waals surface area contributed by atoms with Crippen molar-refractivity contribution in [2.75, 3.05) is 0 Å². The molecule has 0 unspecified atom stereocenters. The predicted molar refractivity (Wildman–Crippen MR) is 47.2 cm³/mol. The second kappa shape index (κ2) is 2.04. The molecule has 0 saturated heterocycles. The van der Waals surface area contributed by atoms with Gasteiger partial charge in [0.05, 0.1) is 10.2 Å². The Balaban J connectivity index is 2.71. The van der Waals surface area contributed by atoms with Crippen LogP contribution in [0.15, 0.2) is 23.6 Å². The SMILES string of the molecule is [c]1nnc2ccc3sccc3n12. The molecule has 0 spiro atoms. The maximum Gasteiger partial charge on any atom is 0.207 e.